The molecule has 0 bridgehead atoms. The van der Waals surface area contributed by atoms with Crippen molar-refractivity contribution in [3.63, 3.8) is 0 Å². The molecular formula is C34H39IN2O2. The first-order chi connectivity index (χ1) is 18.4. The van der Waals surface area contributed by atoms with Crippen LogP contribution in [-0.2, 0) is 21.4 Å². The fraction of sp³-hybridized carbons (Fsp3) is 0.412. The van der Waals surface area contributed by atoms with Crippen LogP contribution in [0.1, 0.15) is 63.1 Å². The first-order valence-corrected chi connectivity index (χ1v) is 14.3. The Morgan fingerprint density at radius 3 is 2.44 bits per heavy atom. The number of carbonyl (C=O) groups excluding carboxylic acids is 1. The van der Waals surface area contributed by atoms with Gasteiger partial charge in [0.1, 0.15) is 19.2 Å². The van der Waals surface area contributed by atoms with Crippen LogP contribution in [0.5, 0.6) is 0 Å². The second-order valence-corrected chi connectivity index (χ2v) is 11.7. The average Bonchev–Trinajstić information content (AvgIpc) is 3.64. The summed E-state index contributed by atoms with van der Waals surface area (Å²) in [4.78, 5) is 15.5. The number of benzene rings is 2. The number of halogens is 1. The van der Waals surface area contributed by atoms with Gasteiger partial charge in [0.2, 0.25) is 0 Å². The molecule has 1 unspecified atom stereocenters. The lowest BCUT2D eigenvalue weighted by Gasteiger charge is -2.40. The minimum Gasteiger partial charge on any atom is -1.00 e. The Morgan fingerprint density at radius 2 is 1.72 bits per heavy atom. The van der Waals surface area contributed by atoms with Crippen molar-refractivity contribution in [1.29, 1.82) is 0 Å². The Bertz CT molecular complexity index is 1370. The van der Waals surface area contributed by atoms with Crippen molar-refractivity contribution in [1.82, 2.24) is 0 Å². The highest BCUT2D eigenvalue weighted by Crippen LogP contribution is 2.50. The number of nitrogens with zero attached hydrogens (tertiary/aromatic N) is 2. The van der Waals surface area contributed by atoms with Gasteiger partial charge in [0.15, 0.2) is 5.71 Å². The molecule has 2 fully saturated rings. The smallest absolute Gasteiger partial charge is 0.310 e. The number of hydrogen-bond acceptors (Lipinski definition) is 3. The lowest BCUT2D eigenvalue weighted by Crippen LogP contribution is -3.00. The summed E-state index contributed by atoms with van der Waals surface area (Å²) in [6.07, 6.45) is 11.9. The van der Waals surface area contributed by atoms with E-state index in [2.05, 4.69) is 59.8 Å². The molecule has 2 aliphatic heterocycles. The van der Waals surface area contributed by atoms with Crippen molar-refractivity contribution < 1.29 is 38.1 Å². The van der Waals surface area contributed by atoms with Crippen LogP contribution in [0.3, 0.4) is 0 Å². The van der Waals surface area contributed by atoms with Gasteiger partial charge in [-0.15, -0.1) is 0 Å². The number of anilines is 1. The van der Waals surface area contributed by atoms with Gasteiger partial charge in [0, 0.05) is 54.8 Å². The molecule has 6 rings (SSSR count). The zero-order valence-corrected chi connectivity index (χ0v) is 25.5. The molecule has 2 aliphatic carbocycles. The predicted molar refractivity (Wildman–Crippen MR) is 155 cm³/mol. The van der Waals surface area contributed by atoms with Crippen molar-refractivity contribution in [3.05, 3.63) is 94.6 Å². The maximum Gasteiger partial charge on any atom is 0.310 e. The van der Waals surface area contributed by atoms with Crippen molar-refractivity contribution in [2.45, 2.75) is 64.4 Å². The van der Waals surface area contributed by atoms with Gasteiger partial charge >= 0.3 is 5.97 Å². The molecule has 1 atom stereocenters. The van der Waals surface area contributed by atoms with Crippen molar-refractivity contribution in [2.75, 3.05) is 31.1 Å². The van der Waals surface area contributed by atoms with Crippen LogP contribution in [0.4, 0.5) is 5.69 Å². The van der Waals surface area contributed by atoms with Gasteiger partial charge < -0.3 is 33.6 Å². The number of fused-ring (bicyclic) bond motifs is 2. The molecule has 4 nitrogen and oxygen atoms in total. The molecule has 4 aliphatic rings. The van der Waals surface area contributed by atoms with E-state index >= 15 is 0 Å². The van der Waals surface area contributed by atoms with Gasteiger partial charge in [0.05, 0.1) is 6.42 Å². The lowest BCUT2D eigenvalue weighted by molar-refractivity contribution is -0.504. The molecule has 39 heavy (non-hydrogen) atoms. The van der Waals surface area contributed by atoms with E-state index in [1.165, 1.54) is 59.4 Å². The molecule has 0 radical (unpaired) electrons. The maximum absolute atomic E-state index is 13.0. The van der Waals surface area contributed by atoms with Crippen LogP contribution in [0.25, 0.3) is 5.57 Å². The molecule has 0 N–H and O–H groups in total. The number of hydrogen-bond donors (Lipinski definition) is 0. The van der Waals surface area contributed by atoms with Gasteiger partial charge in [-0.1, -0.05) is 50.2 Å². The number of allylic oxidation sites excluding steroid dienone is 5. The molecule has 0 saturated carbocycles. The molecule has 2 heterocycles. The highest BCUT2D eigenvalue weighted by molar-refractivity contribution is 6.06. The van der Waals surface area contributed by atoms with Gasteiger partial charge in [-0.3, -0.25) is 4.79 Å². The van der Waals surface area contributed by atoms with Gasteiger partial charge in [-0.25, -0.2) is 4.58 Å². The monoisotopic (exact) mass is 634 g/mol. The third kappa shape index (κ3) is 5.39. The maximum atomic E-state index is 13.0. The average molecular weight is 635 g/mol. The fourth-order valence-electron chi connectivity index (χ4n) is 6.70. The molecule has 0 aromatic heterocycles. The van der Waals surface area contributed by atoms with E-state index in [0.717, 1.165) is 37.3 Å². The van der Waals surface area contributed by atoms with Crippen molar-refractivity contribution >= 4 is 22.9 Å². The lowest BCUT2D eigenvalue weighted by atomic mass is 9.64. The van der Waals surface area contributed by atoms with Gasteiger partial charge in [0.25, 0.3) is 0 Å². The molecule has 2 saturated heterocycles. The number of ether oxygens (including phenoxy) is 1. The Balaban J connectivity index is 0.00000308. The fourth-order valence-corrected chi connectivity index (χ4v) is 6.70. The largest absolute Gasteiger partial charge is 1.00 e. The first-order valence-electron chi connectivity index (χ1n) is 14.3. The third-order valence-corrected chi connectivity index (χ3v) is 8.78. The Hall–Kier alpha value is -2.67. The Labute approximate surface area is 250 Å². The van der Waals surface area contributed by atoms with E-state index in [1.807, 2.05) is 37.3 Å². The molecule has 0 amide bonds. The van der Waals surface area contributed by atoms with Crippen LogP contribution >= 0.6 is 0 Å². The molecule has 2 aromatic carbocycles. The first kappa shape index (κ1) is 27.9. The highest BCUT2D eigenvalue weighted by Gasteiger charge is 2.40. The van der Waals surface area contributed by atoms with E-state index in [-0.39, 0.29) is 47.9 Å². The van der Waals surface area contributed by atoms with Crippen LogP contribution in [0, 0.1) is 0 Å². The third-order valence-electron chi connectivity index (χ3n) is 8.78. The quantitative estimate of drug-likeness (QED) is 0.288. The summed E-state index contributed by atoms with van der Waals surface area (Å²) in [6, 6.07) is 16.8. The van der Waals surface area contributed by atoms with E-state index in [1.54, 1.807) is 0 Å². The minimum atomic E-state index is -0.352. The summed E-state index contributed by atoms with van der Waals surface area (Å²) < 4.78 is 8.65. The Morgan fingerprint density at radius 1 is 1.00 bits per heavy atom. The summed E-state index contributed by atoms with van der Waals surface area (Å²) in [5.74, 6) is -0.188. The highest BCUT2D eigenvalue weighted by atomic mass is 127. The van der Waals surface area contributed by atoms with Crippen LogP contribution in [-0.4, -0.2) is 48.5 Å². The van der Waals surface area contributed by atoms with E-state index in [0.29, 0.717) is 0 Å². The predicted octanol–water partition coefficient (Wildman–Crippen LogP) is 3.25. The standard InChI is InChI=1S/C34H39N2O2.HI/c1-24(38-32(37)21-25-11-5-4-6-12-25)33-28-15-13-26(35-17-7-8-18-35)22-30(28)34(2,3)31-23-27(14-16-29(31)33)36-19-9-10-20-36;/h4-6,11-16,22-24H,7-10,17-21H2,1-3H3;1H/q+1;/p-1. The zero-order chi connectivity index (χ0) is 26.3. The van der Waals surface area contributed by atoms with Gasteiger partial charge in [-0.05, 0) is 65.8 Å². The number of carbonyl (C=O) groups is 1. The second-order valence-electron chi connectivity index (χ2n) is 11.7. The summed E-state index contributed by atoms with van der Waals surface area (Å²) in [7, 11) is 0. The Kier molecular flexibility index (Phi) is 8.18. The van der Waals surface area contributed by atoms with E-state index in [9.17, 15) is 4.79 Å². The molecular weight excluding hydrogens is 595 g/mol. The van der Waals surface area contributed by atoms with Crippen molar-refractivity contribution in [2.24, 2.45) is 0 Å². The zero-order valence-electron chi connectivity index (χ0n) is 23.4. The summed E-state index contributed by atoms with van der Waals surface area (Å²) >= 11 is 0. The topological polar surface area (TPSA) is 32.6 Å². The molecule has 0 spiro atoms. The second kappa shape index (κ2) is 11.4. The molecule has 2 aromatic rings. The van der Waals surface area contributed by atoms with Crippen LogP contribution in [0.2, 0.25) is 0 Å². The van der Waals surface area contributed by atoms with E-state index < -0.39 is 0 Å². The van der Waals surface area contributed by atoms with Gasteiger partial charge in [-0.2, -0.15) is 0 Å². The van der Waals surface area contributed by atoms with Crippen LogP contribution in [0.15, 0.2) is 77.9 Å². The summed E-state index contributed by atoms with van der Waals surface area (Å²) in [5, 5.41) is 0. The molecule has 5 heteroatoms. The van der Waals surface area contributed by atoms with E-state index in [4.69, 9.17) is 4.74 Å². The van der Waals surface area contributed by atoms with Crippen LogP contribution < -0.4 is 28.9 Å². The normalized spacial score (nSPS) is 20.3. The van der Waals surface area contributed by atoms with Crippen molar-refractivity contribution in [3.8, 4) is 0 Å². The molecule has 204 valence electrons. The SMILES string of the molecule is CC(OC(=O)Cc1ccccc1)C1=C2C=CC(=[N+]3CCCC3)C=C2C(C)(C)c2cc(N3CCCC3)ccc21.[I-]. The number of esters is 1. The summed E-state index contributed by atoms with van der Waals surface area (Å²) in [6.45, 7) is 11.2. The summed E-state index contributed by atoms with van der Waals surface area (Å²) in [5.41, 5.74) is 9.63. The minimum absolute atomic E-state index is 0. The number of rotatable bonds is 5.